The predicted octanol–water partition coefficient (Wildman–Crippen LogP) is 4.44. The SMILES string of the molecule is COc1ccc(OC)c(C2CCCN2Cn2nc(-c3ccccc3OC)n(C)c2=S)c1. The Morgan fingerprint density at radius 3 is 2.55 bits per heavy atom. The predicted molar refractivity (Wildman–Crippen MR) is 122 cm³/mol. The first-order valence-corrected chi connectivity index (χ1v) is 10.7. The summed E-state index contributed by atoms with van der Waals surface area (Å²) in [7, 11) is 7.00. The number of methoxy groups -OCH3 is 3. The highest BCUT2D eigenvalue weighted by molar-refractivity contribution is 7.71. The second-order valence-electron chi connectivity index (χ2n) is 7.58. The van der Waals surface area contributed by atoms with Gasteiger partial charge in [-0.25, -0.2) is 4.68 Å². The number of hydrogen-bond donors (Lipinski definition) is 0. The van der Waals surface area contributed by atoms with Crippen LogP contribution in [0.4, 0.5) is 0 Å². The van der Waals surface area contributed by atoms with E-state index in [1.807, 2.05) is 52.7 Å². The van der Waals surface area contributed by atoms with E-state index in [0.717, 1.165) is 53.6 Å². The van der Waals surface area contributed by atoms with Crippen molar-refractivity contribution >= 4 is 12.2 Å². The van der Waals surface area contributed by atoms with E-state index in [4.69, 9.17) is 31.5 Å². The molecular weight excluding hydrogens is 412 g/mol. The molecule has 0 bridgehead atoms. The van der Waals surface area contributed by atoms with Crippen molar-refractivity contribution in [2.75, 3.05) is 27.9 Å². The molecule has 31 heavy (non-hydrogen) atoms. The molecule has 7 nitrogen and oxygen atoms in total. The van der Waals surface area contributed by atoms with Crippen LogP contribution in [0.1, 0.15) is 24.4 Å². The van der Waals surface area contributed by atoms with Crippen molar-refractivity contribution in [1.82, 2.24) is 19.2 Å². The summed E-state index contributed by atoms with van der Waals surface area (Å²) in [6, 6.07) is 14.0. The average molecular weight is 441 g/mol. The highest BCUT2D eigenvalue weighted by Gasteiger charge is 2.30. The normalized spacial score (nSPS) is 16.5. The van der Waals surface area contributed by atoms with Gasteiger partial charge in [-0.3, -0.25) is 4.90 Å². The third-order valence-corrected chi connectivity index (χ3v) is 6.35. The number of nitrogens with zero attached hydrogens (tertiary/aromatic N) is 4. The lowest BCUT2D eigenvalue weighted by Gasteiger charge is -2.26. The lowest BCUT2D eigenvalue weighted by molar-refractivity contribution is 0.186. The lowest BCUT2D eigenvalue weighted by Crippen LogP contribution is -2.27. The number of aromatic nitrogens is 3. The molecule has 0 radical (unpaired) electrons. The zero-order chi connectivity index (χ0) is 22.0. The van der Waals surface area contributed by atoms with Crippen molar-refractivity contribution in [3.8, 4) is 28.6 Å². The summed E-state index contributed by atoms with van der Waals surface area (Å²) in [6.07, 6.45) is 2.15. The molecule has 1 saturated heterocycles. The maximum Gasteiger partial charge on any atom is 0.199 e. The van der Waals surface area contributed by atoms with Crippen LogP contribution < -0.4 is 14.2 Å². The average Bonchev–Trinajstić information content (AvgIpc) is 3.38. The van der Waals surface area contributed by atoms with Crippen LogP contribution in [0.5, 0.6) is 17.2 Å². The molecule has 3 aromatic rings. The van der Waals surface area contributed by atoms with E-state index in [2.05, 4.69) is 11.0 Å². The van der Waals surface area contributed by atoms with Crippen molar-refractivity contribution in [2.45, 2.75) is 25.6 Å². The summed E-state index contributed by atoms with van der Waals surface area (Å²) < 4.78 is 21.1. The molecule has 1 aliphatic heterocycles. The molecule has 2 aromatic carbocycles. The molecule has 1 fully saturated rings. The van der Waals surface area contributed by atoms with Crippen LogP contribution >= 0.6 is 12.2 Å². The first kappa shape index (κ1) is 21.4. The van der Waals surface area contributed by atoms with Crippen molar-refractivity contribution in [3.63, 3.8) is 0 Å². The minimum Gasteiger partial charge on any atom is -0.497 e. The summed E-state index contributed by atoms with van der Waals surface area (Å²) in [5.74, 6) is 3.27. The van der Waals surface area contributed by atoms with Gasteiger partial charge in [-0.05, 0) is 55.4 Å². The minimum absolute atomic E-state index is 0.212. The topological polar surface area (TPSA) is 53.7 Å². The van der Waals surface area contributed by atoms with Crippen LogP contribution in [0.25, 0.3) is 11.4 Å². The molecule has 4 rings (SSSR count). The summed E-state index contributed by atoms with van der Waals surface area (Å²) in [4.78, 5) is 2.39. The van der Waals surface area contributed by atoms with Gasteiger partial charge in [0.2, 0.25) is 0 Å². The van der Waals surface area contributed by atoms with Crippen LogP contribution in [-0.4, -0.2) is 47.1 Å². The third-order valence-electron chi connectivity index (χ3n) is 5.86. The monoisotopic (exact) mass is 440 g/mol. The zero-order valence-corrected chi connectivity index (χ0v) is 19.2. The van der Waals surface area contributed by atoms with E-state index < -0.39 is 0 Å². The van der Waals surface area contributed by atoms with E-state index in [0.29, 0.717) is 11.4 Å². The molecule has 1 aliphatic rings. The molecule has 0 amide bonds. The maximum absolute atomic E-state index is 5.72. The van der Waals surface area contributed by atoms with Gasteiger partial charge >= 0.3 is 0 Å². The number of rotatable bonds is 7. The van der Waals surface area contributed by atoms with E-state index in [1.165, 1.54) is 0 Å². The lowest BCUT2D eigenvalue weighted by atomic mass is 10.0. The number of para-hydroxylation sites is 1. The second kappa shape index (κ2) is 9.11. The van der Waals surface area contributed by atoms with Gasteiger partial charge in [0.15, 0.2) is 10.6 Å². The van der Waals surface area contributed by atoms with Crippen LogP contribution in [0.3, 0.4) is 0 Å². The Labute approximate surface area is 187 Å². The van der Waals surface area contributed by atoms with Gasteiger partial charge in [0.05, 0.1) is 33.6 Å². The van der Waals surface area contributed by atoms with Gasteiger partial charge in [-0.15, -0.1) is 0 Å². The number of hydrogen-bond acceptors (Lipinski definition) is 6. The van der Waals surface area contributed by atoms with E-state index in [1.54, 1.807) is 21.3 Å². The molecule has 8 heteroatoms. The largest absolute Gasteiger partial charge is 0.497 e. The first-order valence-electron chi connectivity index (χ1n) is 10.3. The maximum atomic E-state index is 5.72. The third kappa shape index (κ3) is 4.05. The fourth-order valence-corrected chi connectivity index (χ4v) is 4.45. The Kier molecular flexibility index (Phi) is 6.29. The molecule has 0 saturated carbocycles. The smallest absolute Gasteiger partial charge is 0.199 e. The van der Waals surface area contributed by atoms with Crippen molar-refractivity contribution in [3.05, 3.63) is 52.8 Å². The van der Waals surface area contributed by atoms with Crippen LogP contribution in [0, 0.1) is 4.77 Å². The molecule has 0 spiro atoms. The first-order chi connectivity index (χ1) is 15.1. The van der Waals surface area contributed by atoms with Crippen molar-refractivity contribution in [2.24, 2.45) is 7.05 Å². The quantitative estimate of drug-likeness (QED) is 0.507. The molecule has 0 N–H and O–H groups in total. The molecule has 1 atom stereocenters. The second-order valence-corrected chi connectivity index (χ2v) is 7.95. The van der Waals surface area contributed by atoms with Gasteiger partial charge < -0.3 is 18.8 Å². The molecule has 1 unspecified atom stereocenters. The Hall–Kier alpha value is -2.84. The minimum atomic E-state index is 0.212. The molecule has 0 aliphatic carbocycles. The molecular formula is C23H28N4O3S. The summed E-state index contributed by atoms with van der Waals surface area (Å²) >= 11 is 5.72. The Morgan fingerprint density at radius 2 is 1.81 bits per heavy atom. The molecule has 164 valence electrons. The van der Waals surface area contributed by atoms with Crippen LogP contribution in [-0.2, 0) is 13.7 Å². The van der Waals surface area contributed by atoms with Gasteiger partial charge in [0.1, 0.15) is 17.2 Å². The fraction of sp³-hybridized carbons (Fsp3) is 0.391. The van der Waals surface area contributed by atoms with Gasteiger partial charge in [0.25, 0.3) is 0 Å². The highest BCUT2D eigenvalue weighted by Crippen LogP contribution is 2.39. The molecule has 2 heterocycles. The number of ether oxygens (including phenoxy) is 3. The van der Waals surface area contributed by atoms with Crippen molar-refractivity contribution < 1.29 is 14.2 Å². The Morgan fingerprint density at radius 1 is 1.03 bits per heavy atom. The Bertz CT molecular complexity index is 1120. The fourth-order valence-electron chi connectivity index (χ4n) is 4.26. The van der Waals surface area contributed by atoms with Crippen molar-refractivity contribution in [1.29, 1.82) is 0 Å². The van der Waals surface area contributed by atoms with Gasteiger partial charge in [-0.2, -0.15) is 5.10 Å². The van der Waals surface area contributed by atoms with Crippen LogP contribution in [0.2, 0.25) is 0 Å². The summed E-state index contributed by atoms with van der Waals surface area (Å²) in [5.41, 5.74) is 2.05. The van der Waals surface area contributed by atoms with Gasteiger partial charge in [0, 0.05) is 25.2 Å². The van der Waals surface area contributed by atoms with E-state index in [-0.39, 0.29) is 6.04 Å². The standard InChI is InChI=1S/C23H28N4O3S/c1-25-22(17-8-5-6-10-20(17)29-3)24-27(23(25)31)15-26-13-7-9-19(26)18-14-16(28-2)11-12-21(18)30-4/h5-6,8,10-12,14,19H,7,9,13,15H2,1-4H3. The van der Waals surface area contributed by atoms with E-state index in [9.17, 15) is 0 Å². The summed E-state index contributed by atoms with van der Waals surface area (Å²) in [6.45, 7) is 1.57. The summed E-state index contributed by atoms with van der Waals surface area (Å²) in [5, 5.41) is 4.85. The number of likely N-dealkylation sites (tertiary alicyclic amines) is 1. The number of benzene rings is 2. The zero-order valence-electron chi connectivity index (χ0n) is 18.4. The Balaban J connectivity index is 1.66. The van der Waals surface area contributed by atoms with Gasteiger partial charge in [-0.1, -0.05) is 12.1 Å². The molecule has 1 aromatic heterocycles. The highest BCUT2D eigenvalue weighted by atomic mass is 32.1. The van der Waals surface area contributed by atoms with Crippen LogP contribution in [0.15, 0.2) is 42.5 Å². The van der Waals surface area contributed by atoms with E-state index >= 15 is 0 Å².